The van der Waals surface area contributed by atoms with Gasteiger partial charge in [-0.25, -0.2) is 9.59 Å². The number of nitrogens with zero attached hydrogens (tertiary/aromatic N) is 1. The maximum atomic E-state index is 13.4. The van der Waals surface area contributed by atoms with Gasteiger partial charge in [0.1, 0.15) is 18.5 Å². The Bertz CT molecular complexity index is 1470. The van der Waals surface area contributed by atoms with Gasteiger partial charge in [0.2, 0.25) is 0 Å². The van der Waals surface area contributed by atoms with E-state index in [-0.39, 0.29) is 18.6 Å². The van der Waals surface area contributed by atoms with Crippen molar-refractivity contribution in [1.82, 2.24) is 9.88 Å². The van der Waals surface area contributed by atoms with Crippen LogP contribution in [0.25, 0.3) is 21.0 Å². The van der Waals surface area contributed by atoms with Crippen LogP contribution in [0.5, 0.6) is 5.75 Å². The van der Waals surface area contributed by atoms with Gasteiger partial charge in [-0.1, -0.05) is 12.1 Å². The Morgan fingerprint density at radius 1 is 1.12 bits per heavy atom. The number of thiophene rings is 1. The number of fused-ring (bicyclic) bond motifs is 2. The molecule has 40 heavy (non-hydrogen) atoms. The van der Waals surface area contributed by atoms with Crippen molar-refractivity contribution >= 4 is 44.3 Å². The van der Waals surface area contributed by atoms with E-state index in [1.807, 2.05) is 30.5 Å². The van der Waals surface area contributed by atoms with Crippen molar-refractivity contribution in [3.8, 4) is 5.75 Å². The molecular formula is C28H29F3N2O6S. The molecule has 0 bridgehead atoms. The summed E-state index contributed by atoms with van der Waals surface area (Å²) in [5.41, 5.74) is 0.433. The zero-order valence-electron chi connectivity index (χ0n) is 21.5. The highest BCUT2D eigenvalue weighted by Gasteiger charge is 2.34. The van der Waals surface area contributed by atoms with Gasteiger partial charge in [0.25, 0.3) is 0 Å². The first-order valence-corrected chi connectivity index (χ1v) is 13.4. The van der Waals surface area contributed by atoms with Crippen LogP contribution < -0.4 is 4.74 Å². The van der Waals surface area contributed by atoms with Crippen molar-refractivity contribution in [1.29, 1.82) is 0 Å². The summed E-state index contributed by atoms with van der Waals surface area (Å²) in [6, 6.07) is 14.1. The van der Waals surface area contributed by atoms with Crippen molar-refractivity contribution in [2.24, 2.45) is 0 Å². The van der Waals surface area contributed by atoms with Crippen molar-refractivity contribution in [3.05, 3.63) is 65.2 Å². The Kier molecular flexibility index (Phi) is 9.02. The Morgan fingerprint density at radius 2 is 1.85 bits per heavy atom. The number of aliphatic hydroxyl groups excluding tert-OH is 1. The highest BCUT2D eigenvalue weighted by Crippen LogP contribution is 2.42. The van der Waals surface area contributed by atoms with E-state index in [9.17, 15) is 18.3 Å². The number of nitrogens with one attached hydrogen (secondary N) is 1. The van der Waals surface area contributed by atoms with Crippen molar-refractivity contribution in [3.63, 3.8) is 0 Å². The largest absolute Gasteiger partial charge is 0.490 e. The van der Waals surface area contributed by atoms with Crippen LogP contribution in [0, 0.1) is 0 Å². The van der Waals surface area contributed by atoms with Crippen LogP contribution in [0.1, 0.15) is 36.1 Å². The lowest BCUT2D eigenvalue weighted by molar-refractivity contribution is -0.159. The number of hydrogen-bond donors (Lipinski definition) is 4. The average Bonchev–Trinajstić information content (AvgIpc) is 3.55. The summed E-state index contributed by atoms with van der Waals surface area (Å²) < 4.78 is 46.8. The summed E-state index contributed by atoms with van der Waals surface area (Å²) in [7, 11) is 0. The van der Waals surface area contributed by atoms with Gasteiger partial charge >= 0.3 is 18.1 Å². The summed E-state index contributed by atoms with van der Waals surface area (Å²) in [6.07, 6.45) is -1.41. The second-order valence-electron chi connectivity index (χ2n) is 9.70. The normalized spacial score (nSPS) is 18.7. The summed E-state index contributed by atoms with van der Waals surface area (Å²) >= 11 is 1.47. The maximum Gasteiger partial charge on any atom is 0.417 e. The first-order chi connectivity index (χ1) is 18.9. The second-order valence-corrected chi connectivity index (χ2v) is 10.8. The number of carboxylic acids is 2. The van der Waals surface area contributed by atoms with Crippen LogP contribution in [-0.4, -0.2) is 69.0 Å². The minimum Gasteiger partial charge on any atom is -0.490 e. The van der Waals surface area contributed by atoms with Gasteiger partial charge < -0.3 is 25.0 Å². The molecule has 2 aromatic carbocycles. The fourth-order valence-corrected chi connectivity index (χ4v) is 6.21. The zero-order chi connectivity index (χ0) is 29.0. The van der Waals surface area contributed by atoms with E-state index in [0.29, 0.717) is 16.6 Å². The first-order valence-electron chi connectivity index (χ1n) is 12.6. The lowest BCUT2D eigenvalue weighted by atomic mass is 9.89. The van der Waals surface area contributed by atoms with Crippen LogP contribution in [0.2, 0.25) is 0 Å². The fourth-order valence-electron chi connectivity index (χ4n) is 4.97. The minimum atomic E-state index is -4.35. The molecule has 2 aromatic heterocycles. The van der Waals surface area contributed by atoms with E-state index in [2.05, 4.69) is 16.8 Å². The molecule has 0 spiro atoms. The van der Waals surface area contributed by atoms with E-state index >= 15 is 0 Å². The number of benzene rings is 2. The van der Waals surface area contributed by atoms with Crippen molar-refractivity contribution in [2.75, 3.05) is 19.7 Å². The van der Waals surface area contributed by atoms with Crippen LogP contribution in [0.4, 0.5) is 13.2 Å². The highest BCUT2D eigenvalue weighted by molar-refractivity contribution is 7.19. The van der Waals surface area contributed by atoms with Crippen LogP contribution >= 0.6 is 11.3 Å². The van der Waals surface area contributed by atoms with E-state index in [4.69, 9.17) is 24.5 Å². The number of β-amino-alcohol motifs (C(OH)–C–C–N with tert-alkyl or cyclic N) is 1. The van der Waals surface area contributed by atoms with Crippen LogP contribution in [-0.2, 0) is 15.8 Å². The highest BCUT2D eigenvalue weighted by atomic mass is 32.1. The fraction of sp³-hybridized carbons (Fsp3) is 0.357. The summed E-state index contributed by atoms with van der Waals surface area (Å²) in [4.78, 5) is 24.6. The Labute approximate surface area is 231 Å². The van der Waals surface area contributed by atoms with Gasteiger partial charge in [0.15, 0.2) is 0 Å². The predicted molar refractivity (Wildman–Crippen MR) is 145 cm³/mol. The number of H-pyrrole nitrogens is 1. The van der Waals surface area contributed by atoms with Crippen LogP contribution in [0.3, 0.4) is 0 Å². The molecule has 3 heterocycles. The molecule has 5 rings (SSSR count). The summed E-state index contributed by atoms with van der Waals surface area (Å²) in [5, 5.41) is 26.7. The molecule has 0 amide bonds. The Morgan fingerprint density at radius 3 is 2.52 bits per heavy atom. The SMILES string of the molecule is C[C@@H]1C[C@H](c2cc3c(C(F)(F)F)cccc3s2)CCN1C[C@H](O)COc1cccc2[nH]ccc12.O=C(O)C(=O)O. The molecule has 0 unspecified atom stereocenters. The second kappa shape index (κ2) is 12.3. The van der Waals surface area contributed by atoms with Gasteiger partial charge in [-0.2, -0.15) is 13.2 Å². The number of likely N-dealkylation sites (tertiary alicyclic amines) is 1. The molecule has 1 fully saturated rings. The first kappa shape index (κ1) is 29.4. The molecule has 8 nitrogen and oxygen atoms in total. The van der Waals surface area contributed by atoms with Gasteiger partial charge in [-0.3, -0.25) is 4.90 Å². The average molecular weight is 579 g/mol. The molecule has 214 valence electrons. The number of aliphatic hydroxyl groups is 1. The van der Waals surface area contributed by atoms with Gasteiger partial charge in [-0.05, 0) is 68.6 Å². The molecule has 3 atom stereocenters. The van der Waals surface area contributed by atoms with E-state index in [0.717, 1.165) is 47.0 Å². The number of hydrogen-bond acceptors (Lipinski definition) is 6. The Balaban J connectivity index is 0.000000557. The number of piperidine rings is 1. The number of carboxylic acid groups (broad SMARTS) is 2. The third kappa shape index (κ3) is 6.93. The number of aliphatic carboxylic acids is 2. The number of aromatic nitrogens is 1. The van der Waals surface area contributed by atoms with Gasteiger partial charge in [-0.15, -0.1) is 11.3 Å². The molecule has 12 heteroatoms. The van der Waals surface area contributed by atoms with Gasteiger partial charge in [0.05, 0.1) is 5.56 Å². The standard InChI is InChI=1S/C26H27F3N2O2S.C2H2O4/c1-16-12-17(25-13-20-21(26(27,28)29)4-2-7-24(20)34-25)9-11-31(16)14-18(32)15-33-23-6-3-5-22-19(23)8-10-30-22;3-1(4)2(5)6/h2-8,10,13,16-18,30,32H,9,11-12,14-15H2,1H3;(H,3,4)(H,5,6)/t16-,17-,18+;/m1./s1. The topological polar surface area (TPSA) is 123 Å². The number of halogens is 3. The summed E-state index contributed by atoms with van der Waals surface area (Å²) in [6.45, 7) is 3.61. The van der Waals surface area contributed by atoms with Crippen molar-refractivity contribution < 1.29 is 42.8 Å². The zero-order valence-corrected chi connectivity index (χ0v) is 22.3. The predicted octanol–water partition coefficient (Wildman–Crippen LogP) is 5.56. The van der Waals surface area contributed by atoms with E-state index in [1.54, 1.807) is 12.1 Å². The van der Waals surface area contributed by atoms with Crippen LogP contribution in [0.15, 0.2) is 54.7 Å². The quantitative estimate of drug-likeness (QED) is 0.221. The minimum absolute atomic E-state index is 0.202. The van der Waals surface area contributed by atoms with Crippen molar-refractivity contribution in [2.45, 2.75) is 44.0 Å². The van der Waals surface area contributed by atoms with E-state index in [1.165, 1.54) is 17.4 Å². The summed E-state index contributed by atoms with van der Waals surface area (Å²) in [5.74, 6) is -2.68. The number of rotatable bonds is 6. The molecule has 1 aliphatic rings. The molecule has 4 aromatic rings. The molecular weight excluding hydrogens is 549 g/mol. The van der Waals surface area contributed by atoms with Gasteiger partial charge in [0, 0.05) is 44.6 Å². The molecule has 1 aliphatic heterocycles. The third-order valence-electron chi connectivity index (χ3n) is 6.92. The number of carbonyl (C=O) groups is 2. The molecule has 0 aliphatic carbocycles. The lowest BCUT2D eigenvalue weighted by Gasteiger charge is -2.38. The lowest BCUT2D eigenvalue weighted by Crippen LogP contribution is -2.45. The molecule has 0 saturated carbocycles. The Hall–Kier alpha value is -3.61. The maximum absolute atomic E-state index is 13.4. The number of aromatic amines is 1. The molecule has 0 radical (unpaired) electrons. The third-order valence-corrected chi connectivity index (χ3v) is 8.18. The molecule has 4 N–H and O–H groups in total. The molecule has 1 saturated heterocycles. The number of ether oxygens (including phenoxy) is 1. The monoisotopic (exact) mass is 578 g/mol. The number of alkyl halides is 3. The van der Waals surface area contributed by atoms with E-state index < -0.39 is 29.8 Å². The smallest absolute Gasteiger partial charge is 0.417 e.